The Labute approximate surface area is 268 Å². The summed E-state index contributed by atoms with van der Waals surface area (Å²) in [6, 6.07) is 14.8. The minimum Gasteiger partial charge on any atom is -0.464 e. The number of fused-ring (bicyclic) bond motifs is 1. The Kier molecular flexibility index (Phi) is 10.3. The molecule has 244 valence electrons. The van der Waals surface area contributed by atoms with Crippen molar-refractivity contribution >= 4 is 44.4 Å². The third-order valence-corrected chi connectivity index (χ3v) is 8.18. The van der Waals surface area contributed by atoms with E-state index in [1.165, 1.54) is 24.3 Å². The smallest absolute Gasteiger partial charge is 0.328 e. The van der Waals surface area contributed by atoms with Gasteiger partial charge in [0.25, 0.3) is 11.8 Å². The number of carbonyl (C=O) groups excluding carboxylic acids is 3. The quantitative estimate of drug-likeness (QED) is 0.166. The maximum Gasteiger partial charge on any atom is 0.328 e. The Morgan fingerprint density at radius 2 is 1.72 bits per heavy atom. The van der Waals surface area contributed by atoms with Crippen molar-refractivity contribution in [1.29, 1.82) is 0 Å². The second-order valence-electron chi connectivity index (χ2n) is 12.0. The molecule has 0 aliphatic rings. The molecule has 0 aliphatic heterocycles. The Hall–Kier alpha value is -4.59. The van der Waals surface area contributed by atoms with E-state index in [1.807, 2.05) is 20.0 Å². The summed E-state index contributed by atoms with van der Waals surface area (Å²) in [5, 5.41) is 26.4. The minimum atomic E-state index is -4.02. The lowest BCUT2D eigenvalue weighted by molar-refractivity contribution is -0.146. The molecule has 0 saturated heterocycles. The zero-order valence-corrected chi connectivity index (χ0v) is 27.2. The summed E-state index contributed by atoms with van der Waals surface area (Å²) in [6.45, 7) is 9.43. The molecule has 46 heavy (non-hydrogen) atoms. The van der Waals surface area contributed by atoms with Crippen LogP contribution in [0.3, 0.4) is 0 Å². The Balaban J connectivity index is 1.70. The fraction of sp³-hybridized carbons (Fsp3) is 0.333. The molecule has 4 rings (SSSR count). The average molecular weight is 650 g/mol. The van der Waals surface area contributed by atoms with Crippen LogP contribution in [0.2, 0.25) is 0 Å². The van der Waals surface area contributed by atoms with Gasteiger partial charge in [-0.2, -0.15) is 5.10 Å². The molecule has 13 heteroatoms. The molecule has 1 atom stereocenters. The highest BCUT2D eigenvalue weighted by atomic mass is 32.2. The van der Waals surface area contributed by atoms with Gasteiger partial charge in [0, 0.05) is 40.5 Å². The number of ether oxygens (including phenoxy) is 1. The van der Waals surface area contributed by atoms with Crippen LogP contribution in [-0.2, 0) is 26.1 Å². The highest BCUT2D eigenvalue weighted by Gasteiger charge is 2.26. The second-order valence-corrected chi connectivity index (χ2v) is 13.5. The number of anilines is 1. The summed E-state index contributed by atoms with van der Waals surface area (Å²) in [5.74, 6) is -1.69. The van der Waals surface area contributed by atoms with Gasteiger partial charge in [-0.3, -0.25) is 14.3 Å². The lowest BCUT2D eigenvalue weighted by Crippen LogP contribution is -2.45. The van der Waals surface area contributed by atoms with Crippen LogP contribution in [0, 0.1) is 5.92 Å². The molecule has 12 nitrogen and oxygen atoms in total. The number of carbonyl (C=O) groups is 3. The lowest BCUT2D eigenvalue weighted by Gasteiger charge is -2.20. The first kappa shape index (κ1) is 34.3. The van der Waals surface area contributed by atoms with Gasteiger partial charge in [-0.1, -0.05) is 32.0 Å². The highest BCUT2D eigenvalue weighted by Crippen LogP contribution is 2.33. The maximum absolute atomic E-state index is 13.3. The molecule has 0 bridgehead atoms. The van der Waals surface area contributed by atoms with Crippen molar-refractivity contribution in [1.82, 2.24) is 15.1 Å². The van der Waals surface area contributed by atoms with Gasteiger partial charge in [-0.25, -0.2) is 18.4 Å². The van der Waals surface area contributed by atoms with Crippen molar-refractivity contribution in [2.24, 2.45) is 11.1 Å². The summed E-state index contributed by atoms with van der Waals surface area (Å²) >= 11 is 0. The molecule has 1 heterocycles. The number of aliphatic hydroxyl groups is 1. The molecule has 0 spiro atoms. The van der Waals surface area contributed by atoms with Crippen LogP contribution >= 0.6 is 0 Å². The van der Waals surface area contributed by atoms with Crippen molar-refractivity contribution in [2.75, 3.05) is 11.9 Å². The SMILES string of the molecule is CCOC(=O)[C@H](NC(=O)c1ccc(-c2cc3nn(CCC(C)(C)O)cc3cc2NC(=O)c2cccc(S(N)(=O)=O)c2)cc1)C(C)C. The normalized spacial score (nSPS) is 12.6. The molecule has 2 amide bonds. The molecule has 3 aromatic carbocycles. The van der Waals surface area contributed by atoms with Crippen LogP contribution in [0.25, 0.3) is 22.0 Å². The predicted octanol–water partition coefficient (Wildman–Crippen LogP) is 4.08. The first-order valence-corrected chi connectivity index (χ1v) is 16.4. The number of sulfonamides is 1. The molecular formula is C33H39N5O7S. The molecule has 0 saturated carbocycles. The number of nitrogens with zero attached hydrogens (tertiary/aromatic N) is 2. The first-order valence-electron chi connectivity index (χ1n) is 14.8. The largest absolute Gasteiger partial charge is 0.464 e. The monoisotopic (exact) mass is 649 g/mol. The van der Waals surface area contributed by atoms with E-state index in [-0.39, 0.29) is 23.0 Å². The van der Waals surface area contributed by atoms with Crippen molar-refractivity contribution in [3.63, 3.8) is 0 Å². The molecule has 5 N–H and O–H groups in total. The van der Waals surface area contributed by atoms with Crippen LogP contribution in [0.15, 0.2) is 71.8 Å². The van der Waals surface area contributed by atoms with Crippen LogP contribution in [0.4, 0.5) is 5.69 Å². The van der Waals surface area contributed by atoms with Gasteiger partial charge in [0.05, 0.1) is 22.6 Å². The van der Waals surface area contributed by atoms with Crippen LogP contribution < -0.4 is 15.8 Å². The van der Waals surface area contributed by atoms with Gasteiger partial charge < -0.3 is 20.5 Å². The van der Waals surface area contributed by atoms with E-state index in [9.17, 15) is 27.9 Å². The van der Waals surface area contributed by atoms with Crippen molar-refractivity contribution < 1.29 is 32.6 Å². The van der Waals surface area contributed by atoms with E-state index in [1.54, 1.807) is 61.9 Å². The fourth-order valence-electron chi connectivity index (χ4n) is 4.73. The number of benzene rings is 3. The molecule has 0 radical (unpaired) electrons. The van der Waals surface area contributed by atoms with Crippen LogP contribution in [0.5, 0.6) is 0 Å². The van der Waals surface area contributed by atoms with E-state index in [0.29, 0.717) is 40.9 Å². The highest BCUT2D eigenvalue weighted by molar-refractivity contribution is 7.89. The summed E-state index contributed by atoms with van der Waals surface area (Å²) in [4.78, 5) is 38.5. The van der Waals surface area contributed by atoms with Gasteiger partial charge in [-0.15, -0.1) is 0 Å². The lowest BCUT2D eigenvalue weighted by atomic mass is 9.99. The molecular weight excluding hydrogens is 610 g/mol. The average Bonchev–Trinajstić information content (AvgIpc) is 3.39. The fourth-order valence-corrected chi connectivity index (χ4v) is 5.29. The molecule has 0 aliphatic carbocycles. The summed E-state index contributed by atoms with van der Waals surface area (Å²) < 4.78 is 30.6. The molecule has 0 unspecified atom stereocenters. The second kappa shape index (κ2) is 13.8. The number of rotatable bonds is 12. The van der Waals surface area contributed by atoms with E-state index in [4.69, 9.17) is 9.88 Å². The standard InChI is InChI=1S/C33H39N5O7S/c1-6-45-32(41)29(20(2)3)36-30(39)22-12-10-21(11-13-22)26-18-27-24(19-38(37-27)15-14-33(4,5)42)17-28(26)35-31(40)23-8-7-9-25(16-23)46(34,43)44/h7-13,16-20,29,42H,6,14-15H2,1-5H3,(H,35,40)(H,36,39)(H2,34,43,44)/t29-/m1/s1. The number of aromatic nitrogens is 2. The summed E-state index contributed by atoms with van der Waals surface area (Å²) in [6.07, 6.45) is 2.28. The summed E-state index contributed by atoms with van der Waals surface area (Å²) in [7, 11) is -4.02. The van der Waals surface area contributed by atoms with E-state index in [2.05, 4.69) is 15.7 Å². The van der Waals surface area contributed by atoms with Gasteiger partial charge >= 0.3 is 5.97 Å². The first-order chi connectivity index (χ1) is 21.6. The van der Waals surface area contributed by atoms with Gasteiger partial charge in [-0.05, 0) is 81.1 Å². The number of hydrogen-bond donors (Lipinski definition) is 4. The zero-order valence-electron chi connectivity index (χ0n) is 26.4. The van der Waals surface area contributed by atoms with Crippen LogP contribution in [-0.4, -0.2) is 59.3 Å². The Morgan fingerprint density at radius 1 is 1.02 bits per heavy atom. The Bertz CT molecular complexity index is 1860. The number of hydrogen-bond acceptors (Lipinski definition) is 8. The van der Waals surface area contributed by atoms with Gasteiger partial charge in [0.1, 0.15) is 6.04 Å². The van der Waals surface area contributed by atoms with E-state index in [0.717, 1.165) is 5.39 Å². The number of primary sulfonamides is 1. The third kappa shape index (κ3) is 8.56. The number of nitrogens with one attached hydrogen (secondary N) is 2. The van der Waals surface area contributed by atoms with Crippen molar-refractivity contribution in [3.05, 3.63) is 78.0 Å². The van der Waals surface area contributed by atoms with Crippen molar-refractivity contribution in [2.45, 2.75) is 64.1 Å². The number of aryl methyl sites for hydroxylation is 1. The number of esters is 1. The zero-order chi connectivity index (χ0) is 33.8. The number of nitrogens with two attached hydrogens (primary N) is 1. The molecule has 4 aromatic rings. The van der Waals surface area contributed by atoms with E-state index >= 15 is 0 Å². The third-order valence-electron chi connectivity index (χ3n) is 7.27. The molecule has 0 fully saturated rings. The van der Waals surface area contributed by atoms with Gasteiger partial charge in [0.15, 0.2) is 0 Å². The summed E-state index contributed by atoms with van der Waals surface area (Å²) in [5.41, 5.74) is 1.83. The van der Waals surface area contributed by atoms with Gasteiger partial charge in [0.2, 0.25) is 10.0 Å². The Morgan fingerprint density at radius 3 is 2.33 bits per heavy atom. The predicted molar refractivity (Wildman–Crippen MR) is 175 cm³/mol. The topological polar surface area (TPSA) is 183 Å². The van der Waals surface area contributed by atoms with E-state index < -0.39 is 39.4 Å². The van der Waals surface area contributed by atoms with Crippen LogP contribution in [0.1, 0.15) is 61.8 Å². The number of amides is 2. The minimum absolute atomic E-state index is 0.0896. The maximum atomic E-state index is 13.3. The molecule has 1 aromatic heterocycles. The van der Waals surface area contributed by atoms with Crippen molar-refractivity contribution in [3.8, 4) is 11.1 Å².